The third-order valence-electron chi connectivity index (χ3n) is 3.40. The van der Waals surface area contributed by atoms with E-state index in [1.54, 1.807) is 0 Å². The van der Waals surface area contributed by atoms with E-state index in [0.717, 1.165) is 0 Å². The molecule has 0 saturated carbocycles. The number of carbonyl (C=O) groups excluding carboxylic acids is 1. The maximum Gasteiger partial charge on any atom is 0.234 e. The van der Waals surface area contributed by atoms with Crippen LogP contribution < -0.4 is 11.1 Å². The van der Waals surface area contributed by atoms with E-state index in [1.165, 1.54) is 0 Å². The van der Waals surface area contributed by atoms with Gasteiger partial charge in [0.1, 0.15) is 0 Å². The van der Waals surface area contributed by atoms with Gasteiger partial charge >= 0.3 is 0 Å². The van der Waals surface area contributed by atoms with Gasteiger partial charge in [0.15, 0.2) is 0 Å². The third-order valence-corrected chi connectivity index (χ3v) is 3.40. The van der Waals surface area contributed by atoms with E-state index in [-0.39, 0.29) is 36.3 Å². The van der Waals surface area contributed by atoms with Gasteiger partial charge in [-0.15, -0.1) is 24.8 Å². The van der Waals surface area contributed by atoms with E-state index in [0.29, 0.717) is 25.0 Å². The molecule has 18 heavy (non-hydrogen) atoms. The van der Waals surface area contributed by atoms with Crippen molar-refractivity contribution in [3.05, 3.63) is 0 Å². The number of nitrogens with zero attached hydrogens (tertiary/aromatic N) is 1. The Morgan fingerprint density at radius 3 is 2.00 bits per heavy atom. The number of nitrogens with one attached hydrogen (secondary N) is 1. The van der Waals surface area contributed by atoms with Gasteiger partial charge in [-0.3, -0.25) is 9.69 Å². The smallest absolute Gasteiger partial charge is 0.234 e. The van der Waals surface area contributed by atoms with Gasteiger partial charge in [-0.25, -0.2) is 0 Å². The van der Waals surface area contributed by atoms with Crippen LogP contribution >= 0.6 is 24.8 Å². The number of hydrogen-bond donors (Lipinski definition) is 2. The normalized spacial score (nSPS) is 13.9. The first-order chi connectivity index (χ1) is 7.23. The number of nitrogens with two attached hydrogens (primary N) is 1. The highest BCUT2D eigenvalue weighted by Gasteiger charge is 2.28. The summed E-state index contributed by atoms with van der Waals surface area (Å²) in [7, 11) is 1.94. The molecule has 0 saturated heterocycles. The Kier molecular flexibility index (Phi) is 12.6. The van der Waals surface area contributed by atoms with Crippen molar-refractivity contribution in [1.29, 1.82) is 0 Å². The molecule has 0 aromatic rings. The topological polar surface area (TPSA) is 58.4 Å². The monoisotopic (exact) mass is 301 g/mol. The average Bonchev–Trinajstić information content (AvgIpc) is 2.16. The molecule has 0 aliphatic rings. The molecule has 0 aromatic carbocycles. The van der Waals surface area contributed by atoms with Gasteiger partial charge in [0, 0.05) is 12.6 Å². The number of rotatable bonds is 6. The quantitative estimate of drug-likeness (QED) is 0.784. The lowest BCUT2D eigenvalue weighted by atomic mass is 9.88. The fourth-order valence-corrected chi connectivity index (χ4v) is 1.20. The molecule has 0 aliphatic heterocycles. The van der Waals surface area contributed by atoms with Crippen LogP contribution in [0, 0.1) is 5.92 Å². The predicted octanol–water partition coefficient (Wildman–Crippen LogP) is 1.66. The van der Waals surface area contributed by atoms with Crippen LogP contribution in [0.25, 0.3) is 0 Å². The van der Waals surface area contributed by atoms with E-state index in [2.05, 4.69) is 33.0 Å². The molecule has 0 radical (unpaired) electrons. The number of amides is 1. The summed E-state index contributed by atoms with van der Waals surface area (Å²) in [4.78, 5) is 13.8. The summed E-state index contributed by atoms with van der Waals surface area (Å²) in [5, 5.41) is 3.02. The maximum atomic E-state index is 11.8. The standard InChI is InChI=1S/C12H27N3O.2ClH/c1-9(2)12(5,8-13)14-11(16)7-15(6)10(3)4;;/h9-10H,7-8,13H2,1-6H3,(H,14,16);2*1H. The third kappa shape index (κ3) is 7.41. The Balaban J connectivity index is -0.00000112. The molecule has 0 bridgehead atoms. The summed E-state index contributed by atoms with van der Waals surface area (Å²) in [6.07, 6.45) is 0. The van der Waals surface area contributed by atoms with Crippen molar-refractivity contribution in [3.8, 4) is 0 Å². The van der Waals surface area contributed by atoms with Crippen molar-refractivity contribution in [2.24, 2.45) is 11.7 Å². The maximum absolute atomic E-state index is 11.8. The van der Waals surface area contributed by atoms with Crippen LogP contribution in [0.15, 0.2) is 0 Å². The van der Waals surface area contributed by atoms with Crippen molar-refractivity contribution >= 4 is 30.7 Å². The van der Waals surface area contributed by atoms with Crippen molar-refractivity contribution in [3.63, 3.8) is 0 Å². The Morgan fingerprint density at radius 1 is 1.28 bits per heavy atom. The summed E-state index contributed by atoms with van der Waals surface area (Å²) in [6, 6.07) is 0.369. The number of likely N-dealkylation sites (N-methyl/N-ethyl adjacent to an activating group) is 1. The first-order valence-electron chi connectivity index (χ1n) is 5.94. The molecule has 4 nitrogen and oxygen atoms in total. The predicted molar refractivity (Wildman–Crippen MR) is 82.7 cm³/mol. The molecule has 1 amide bonds. The SMILES string of the molecule is CC(C)N(C)CC(=O)NC(C)(CN)C(C)C.Cl.Cl. The molecule has 0 aromatic heterocycles. The molecule has 0 rings (SSSR count). The Hall–Kier alpha value is -0.0300. The number of carbonyl (C=O) groups is 1. The molecular weight excluding hydrogens is 273 g/mol. The van der Waals surface area contributed by atoms with Gasteiger partial charge in [0.2, 0.25) is 5.91 Å². The van der Waals surface area contributed by atoms with Gasteiger partial charge in [0.05, 0.1) is 12.1 Å². The average molecular weight is 302 g/mol. The van der Waals surface area contributed by atoms with Gasteiger partial charge in [-0.1, -0.05) is 13.8 Å². The molecule has 6 heteroatoms. The molecule has 0 aliphatic carbocycles. The summed E-state index contributed by atoms with van der Waals surface area (Å²) in [5.74, 6) is 0.364. The fourth-order valence-electron chi connectivity index (χ4n) is 1.20. The van der Waals surface area contributed by atoms with E-state index in [9.17, 15) is 4.79 Å². The second-order valence-electron chi connectivity index (χ2n) is 5.33. The largest absolute Gasteiger partial charge is 0.348 e. The van der Waals surface area contributed by atoms with Gasteiger partial charge in [-0.05, 0) is 33.7 Å². The minimum Gasteiger partial charge on any atom is -0.348 e. The highest BCUT2D eigenvalue weighted by atomic mass is 35.5. The van der Waals surface area contributed by atoms with Crippen LogP contribution in [0.1, 0.15) is 34.6 Å². The van der Waals surface area contributed by atoms with E-state index >= 15 is 0 Å². The number of halogens is 2. The summed E-state index contributed by atoms with van der Waals surface area (Å²) in [6.45, 7) is 11.1. The zero-order valence-corrected chi connectivity index (χ0v) is 14.0. The van der Waals surface area contributed by atoms with Crippen molar-refractivity contribution in [2.45, 2.75) is 46.2 Å². The van der Waals surface area contributed by atoms with Gasteiger partial charge in [-0.2, -0.15) is 0 Å². The van der Waals surface area contributed by atoms with Crippen LogP contribution in [-0.4, -0.2) is 42.5 Å². The lowest BCUT2D eigenvalue weighted by Crippen LogP contribution is -2.57. The lowest BCUT2D eigenvalue weighted by molar-refractivity contribution is -0.124. The van der Waals surface area contributed by atoms with Crippen LogP contribution in [0.2, 0.25) is 0 Å². The van der Waals surface area contributed by atoms with Crippen molar-refractivity contribution < 1.29 is 4.79 Å². The Labute approximate surface area is 124 Å². The van der Waals surface area contributed by atoms with Crippen LogP contribution in [-0.2, 0) is 4.79 Å². The minimum atomic E-state index is -0.311. The molecule has 112 valence electrons. The van der Waals surface area contributed by atoms with Crippen LogP contribution in [0.5, 0.6) is 0 Å². The fraction of sp³-hybridized carbons (Fsp3) is 0.917. The van der Waals surface area contributed by atoms with Gasteiger partial charge in [0.25, 0.3) is 0 Å². The van der Waals surface area contributed by atoms with Crippen molar-refractivity contribution in [2.75, 3.05) is 20.1 Å². The minimum absolute atomic E-state index is 0. The van der Waals surface area contributed by atoms with Gasteiger partial charge < -0.3 is 11.1 Å². The second kappa shape index (κ2) is 9.84. The van der Waals surface area contributed by atoms with E-state index < -0.39 is 0 Å². The zero-order chi connectivity index (χ0) is 12.9. The highest BCUT2D eigenvalue weighted by Crippen LogP contribution is 2.14. The molecule has 1 unspecified atom stereocenters. The van der Waals surface area contributed by atoms with Crippen LogP contribution in [0.4, 0.5) is 0 Å². The van der Waals surface area contributed by atoms with Crippen LogP contribution in [0.3, 0.4) is 0 Å². The molecular formula is C12H29Cl2N3O. The lowest BCUT2D eigenvalue weighted by Gasteiger charge is -2.34. The molecule has 3 N–H and O–H groups in total. The molecule has 0 heterocycles. The Bertz CT molecular complexity index is 237. The second-order valence-corrected chi connectivity index (χ2v) is 5.33. The molecule has 0 spiro atoms. The summed E-state index contributed by atoms with van der Waals surface area (Å²) < 4.78 is 0. The summed E-state index contributed by atoms with van der Waals surface area (Å²) in [5.41, 5.74) is 5.41. The zero-order valence-electron chi connectivity index (χ0n) is 12.3. The number of hydrogen-bond acceptors (Lipinski definition) is 3. The Morgan fingerprint density at radius 2 is 1.72 bits per heavy atom. The van der Waals surface area contributed by atoms with E-state index in [1.807, 2.05) is 18.9 Å². The summed E-state index contributed by atoms with van der Waals surface area (Å²) >= 11 is 0. The molecule has 1 atom stereocenters. The molecule has 0 fully saturated rings. The highest BCUT2D eigenvalue weighted by molar-refractivity contribution is 5.85. The van der Waals surface area contributed by atoms with Crippen molar-refractivity contribution in [1.82, 2.24) is 10.2 Å². The van der Waals surface area contributed by atoms with E-state index in [4.69, 9.17) is 5.73 Å². The first kappa shape index (κ1) is 23.1. The first-order valence-corrected chi connectivity index (χ1v) is 5.94.